The molecule has 8 heteroatoms. The van der Waals surface area contributed by atoms with Crippen molar-refractivity contribution in [2.45, 2.75) is 134 Å². The Morgan fingerprint density at radius 1 is 0.909 bits per heavy atom. The lowest BCUT2D eigenvalue weighted by molar-refractivity contribution is -0.153. The number of methoxy groups -OCH3 is 1. The summed E-state index contributed by atoms with van der Waals surface area (Å²) in [5.74, 6) is 0.818. The summed E-state index contributed by atoms with van der Waals surface area (Å²) < 4.78 is 38.5. The van der Waals surface area contributed by atoms with E-state index in [9.17, 15) is 5.11 Å². The number of rotatable bonds is 13. The Morgan fingerprint density at radius 2 is 1.59 bits per heavy atom. The molecule has 0 aromatic heterocycles. The molecule has 0 aliphatic carbocycles. The average Bonchev–Trinajstić information content (AvgIpc) is 3.23. The number of fused-ring (bicyclic) bond motifs is 1. The monoisotopic (exact) mass is 628 g/mol. The maximum Gasteiger partial charge on any atom is 0.192 e. The average molecular weight is 629 g/mol. The van der Waals surface area contributed by atoms with Crippen LogP contribution in [0.3, 0.4) is 0 Å². The number of aliphatic hydroxyl groups is 1. The molecule has 246 valence electrons. The molecule has 4 rings (SSSR count). The number of hydrogen-bond acceptors (Lipinski definition) is 7. The van der Waals surface area contributed by atoms with Gasteiger partial charge >= 0.3 is 0 Å². The van der Waals surface area contributed by atoms with E-state index in [0.717, 1.165) is 49.8 Å². The van der Waals surface area contributed by atoms with Crippen molar-refractivity contribution in [2.75, 3.05) is 20.3 Å². The molecule has 0 saturated carbocycles. The van der Waals surface area contributed by atoms with E-state index in [4.69, 9.17) is 28.1 Å². The van der Waals surface area contributed by atoms with Gasteiger partial charge in [0.2, 0.25) is 0 Å². The van der Waals surface area contributed by atoms with Gasteiger partial charge < -0.3 is 33.2 Å². The van der Waals surface area contributed by atoms with E-state index in [-0.39, 0.29) is 36.1 Å². The number of benzene rings is 2. The van der Waals surface area contributed by atoms with Gasteiger partial charge in [0.05, 0.1) is 56.9 Å². The molecule has 0 radical (unpaired) electrons. The summed E-state index contributed by atoms with van der Waals surface area (Å²) in [6.45, 7) is 15.4. The number of aliphatic hydroxyl groups excluding tert-OH is 1. The Balaban J connectivity index is 1.43. The molecule has 6 atom stereocenters. The van der Waals surface area contributed by atoms with Crippen LogP contribution in [0.2, 0.25) is 18.1 Å². The van der Waals surface area contributed by atoms with Crippen molar-refractivity contribution < 1.29 is 33.2 Å². The van der Waals surface area contributed by atoms with Gasteiger partial charge in [-0.15, -0.1) is 0 Å². The smallest absolute Gasteiger partial charge is 0.192 e. The summed E-state index contributed by atoms with van der Waals surface area (Å²) in [7, 11) is -0.423. The maximum atomic E-state index is 10.4. The van der Waals surface area contributed by atoms with E-state index in [1.54, 1.807) is 7.11 Å². The molecular formula is C36H56O7Si. The van der Waals surface area contributed by atoms with Crippen molar-refractivity contribution >= 4 is 8.32 Å². The molecule has 44 heavy (non-hydrogen) atoms. The zero-order chi connectivity index (χ0) is 31.8. The second-order valence-electron chi connectivity index (χ2n) is 14.2. The first-order chi connectivity index (χ1) is 20.9. The topological polar surface area (TPSA) is 75.6 Å². The van der Waals surface area contributed by atoms with Crippen LogP contribution in [0.1, 0.15) is 77.3 Å². The molecule has 2 heterocycles. The van der Waals surface area contributed by atoms with Gasteiger partial charge in [0.1, 0.15) is 11.9 Å². The van der Waals surface area contributed by atoms with Gasteiger partial charge in [-0.05, 0) is 86.8 Å². The van der Waals surface area contributed by atoms with Gasteiger partial charge in [-0.1, -0.05) is 63.2 Å². The molecule has 2 aliphatic rings. The van der Waals surface area contributed by atoms with Crippen molar-refractivity contribution in [1.82, 2.24) is 0 Å². The Kier molecular flexibility index (Phi) is 12.5. The van der Waals surface area contributed by atoms with Gasteiger partial charge in [0.15, 0.2) is 8.32 Å². The van der Waals surface area contributed by atoms with E-state index in [2.05, 4.69) is 52.9 Å². The van der Waals surface area contributed by atoms with Crippen LogP contribution < -0.4 is 4.74 Å². The van der Waals surface area contributed by atoms with Crippen LogP contribution in [-0.2, 0) is 36.6 Å². The third-order valence-corrected chi connectivity index (χ3v) is 14.4. The molecule has 0 unspecified atom stereocenters. The molecular weight excluding hydrogens is 572 g/mol. The second kappa shape index (κ2) is 15.7. The van der Waals surface area contributed by atoms with Crippen molar-refractivity contribution in [2.24, 2.45) is 0 Å². The zero-order valence-corrected chi connectivity index (χ0v) is 29.1. The lowest BCUT2D eigenvalue weighted by Gasteiger charge is -2.47. The third kappa shape index (κ3) is 9.38. The first-order valence-corrected chi connectivity index (χ1v) is 19.3. The summed E-state index contributed by atoms with van der Waals surface area (Å²) in [6.07, 6.45) is 4.07. The lowest BCUT2D eigenvalue weighted by Crippen LogP contribution is -2.54. The summed E-state index contributed by atoms with van der Waals surface area (Å²) in [6, 6.07) is 18.2. The molecule has 2 fully saturated rings. The molecule has 2 aromatic carbocycles. The third-order valence-electron chi connectivity index (χ3n) is 9.82. The van der Waals surface area contributed by atoms with E-state index in [1.165, 1.54) is 5.56 Å². The van der Waals surface area contributed by atoms with Gasteiger partial charge in [0, 0.05) is 6.61 Å². The van der Waals surface area contributed by atoms with Gasteiger partial charge in [0.25, 0.3) is 0 Å². The molecule has 1 N–H and O–H groups in total. The lowest BCUT2D eigenvalue weighted by atomic mass is 9.90. The van der Waals surface area contributed by atoms with Gasteiger partial charge in [-0.2, -0.15) is 0 Å². The van der Waals surface area contributed by atoms with Crippen molar-refractivity contribution in [3.8, 4) is 5.75 Å². The fourth-order valence-electron chi connectivity index (χ4n) is 6.09. The first kappa shape index (κ1) is 35.1. The largest absolute Gasteiger partial charge is 0.497 e. The molecule has 2 saturated heterocycles. The van der Waals surface area contributed by atoms with Gasteiger partial charge in [-0.25, -0.2) is 0 Å². The normalized spacial score (nSPS) is 28.1. The number of ether oxygens (including phenoxy) is 5. The Bertz CT molecular complexity index is 1120. The Labute approximate surface area is 266 Å². The highest BCUT2D eigenvalue weighted by Gasteiger charge is 2.50. The SMILES string of the molecule is COc1ccc(CO[C@@H]2CC[C@@H]3O[C@H](CCCOCc4ccccc4)[C@@](C)(O[Si](C)(C)C(C)(C)C)CC[C@H]3O[C@H]2CO)cc1. The van der Waals surface area contributed by atoms with Crippen LogP contribution in [0.25, 0.3) is 0 Å². The van der Waals surface area contributed by atoms with Crippen LogP contribution in [0, 0.1) is 0 Å². The predicted octanol–water partition coefficient (Wildman–Crippen LogP) is 7.45. The van der Waals surface area contributed by atoms with Crippen LogP contribution in [-0.4, -0.2) is 69.9 Å². The Morgan fingerprint density at radius 3 is 2.25 bits per heavy atom. The minimum Gasteiger partial charge on any atom is -0.497 e. The fraction of sp³-hybridized carbons (Fsp3) is 0.667. The van der Waals surface area contributed by atoms with Crippen LogP contribution in [0.4, 0.5) is 0 Å². The van der Waals surface area contributed by atoms with Crippen LogP contribution >= 0.6 is 0 Å². The fourth-order valence-corrected chi connectivity index (χ4v) is 7.80. The summed E-state index contributed by atoms with van der Waals surface area (Å²) in [5.41, 5.74) is 1.81. The number of hydrogen-bond donors (Lipinski definition) is 1. The van der Waals surface area contributed by atoms with E-state index >= 15 is 0 Å². The highest BCUT2D eigenvalue weighted by molar-refractivity contribution is 6.74. The molecule has 2 aliphatic heterocycles. The molecule has 7 nitrogen and oxygen atoms in total. The minimum absolute atomic E-state index is 0.0834. The molecule has 0 amide bonds. The van der Waals surface area contributed by atoms with Crippen LogP contribution in [0.5, 0.6) is 5.75 Å². The van der Waals surface area contributed by atoms with Crippen molar-refractivity contribution in [3.63, 3.8) is 0 Å². The second-order valence-corrected chi connectivity index (χ2v) is 19.0. The van der Waals surface area contributed by atoms with Crippen molar-refractivity contribution in [3.05, 3.63) is 65.7 Å². The molecule has 2 aromatic rings. The van der Waals surface area contributed by atoms with Crippen LogP contribution in [0.15, 0.2) is 54.6 Å². The zero-order valence-electron chi connectivity index (χ0n) is 28.1. The highest BCUT2D eigenvalue weighted by Crippen LogP contribution is 2.45. The van der Waals surface area contributed by atoms with E-state index in [1.807, 2.05) is 42.5 Å². The summed E-state index contributed by atoms with van der Waals surface area (Å²) >= 11 is 0. The summed E-state index contributed by atoms with van der Waals surface area (Å²) in [5, 5.41) is 10.4. The molecule has 0 bridgehead atoms. The van der Waals surface area contributed by atoms with Gasteiger partial charge in [-0.3, -0.25) is 0 Å². The minimum atomic E-state index is -2.09. The predicted molar refractivity (Wildman–Crippen MR) is 176 cm³/mol. The van der Waals surface area contributed by atoms with E-state index < -0.39 is 20.0 Å². The van der Waals surface area contributed by atoms with E-state index in [0.29, 0.717) is 19.8 Å². The quantitative estimate of drug-likeness (QED) is 0.182. The molecule has 0 spiro atoms. The Hall–Kier alpha value is -1.78. The standard InChI is InChI=1S/C36H56O7Si/c1-35(2,3)44(6,7)43-36(4)22-21-32-31(42-34(36)14-11-23-39-25-27-12-9-8-10-13-27)20-19-30(33(24-37)41-32)40-26-28-15-17-29(38-5)18-16-28/h8-10,12-13,15-18,30-34,37H,11,14,19-26H2,1-7H3/t30-,31+,32-,33+,34-,36+/m1/s1. The highest BCUT2D eigenvalue weighted by atomic mass is 28.4. The summed E-state index contributed by atoms with van der Waals surface area (Å²) in [4.78, 5) is 0. The first-order valence-electron chi connectivity index (χ1n) is 16.4. The maximum absolute atomic E-state index is 10.4. The van der Waals surface area contributed by atoms with Crippen molar-refractivity contribution in [1.29, 1.82) is 0 Å².